The molecule has 0 saturated heterocycles. The van der Waals surface area contributed by atoms with E-state index in [1.54, 1.807) is 6.92 Å². The van der Waals surface area contributed by atoms with Gasteiger partial charge < -0.3 is 5.11 Å². The normalized spacial score (nSPS) is 14.4. The Bertz CT molecular complexity index is 332. The number of rotatable bonds is 2. The minimum absolute atomic E-state index is 0.826. The van der Waals surface area contributed by atoms with Gasteiger partial charge in [-0.05, 0) is 30.7 Å². The van der Waals surface area contributed by atoms with Gasteiger partial charge in [0.1, 0.15) is 5.60 Å². The Balaban J connectivity index is 3.07. The molecule has 0 radical (unpaired) electrons. The van der Waals surface area contributed by atoms with Crippen LogP contribution in [0.4, 0.5) is 0 Å². The van der Waals surface area contributed by atoms with Crippen LogP contribution in [0, 0.1) is 0 Å². The number of hydrogen-bond donors (Lipinski definition) is 1. The van der Waals surface area contributed by atoms with Gasteiger partial charge in [-0.25, -0.2) is 0 Å². The Hall–Kier alpha value is -0.820. The predicted octanol–water partition coefficient (Wildman–Crippen LogP) is 3.00. The average Bonchev–Trinajstić information content (AvgIpc) is 2.05. The largest absolute Gasteiger partial charge is 0.381 e. The van der Waals surface area contributed by atoms with Gasteiger partial charge in [-0.1, -0.05) is 34.6 Å². The van der Waals surface area contributed by atoms with Crippen LogP contribution in [0.15, 0.2) is 47.1 Å². The third kappa shape index (κ3) is 2.56. The molecule has 0 aliphatic rings. The van der Waals surface area contributed by atoms with Gasteiger partial charge in [-0.15, -0.1) is 5.73 Å². The smallest absolute Gasteiger partial charge is 0.112 e. The van der Waals surface area contributed by atoms with Crippen LogP contribution in [0.5, 0.6) is 0 Å². The van der Waals surface area contributed by atoms with E-state index < -0.39 is 5.60 Å². The molecule has 0 spiro atoms. The first-order valence-electron chi connectivity index (χ1n) is 3.91. The minimum atomic E-state index is -0.984. The van der Waals surface area contributed by atoms with Gasteiger partial charge in [-0.2, -0.15) is 0 Å². The lowest BCUT2D eigenvalue weighted by Crippen LogP contribution is -2.16. The topological polar surface area (TPSA) is 20.2 Å². The highest BCUT2D eigenvalue weighted by molar-refractivity contribution is 9.10. The van der Waals surface area contributed by atoms with Crippen molar-refractivity contribution in [2.75, 3.05) is 0 Å². The standard InChI is InChI=1S/C11H11BrO/c1-3-8-11(2,13)9-4-6-10(12)7-5-9/h4-8,13H,1H2,2H3. The monoisotopic (exact) mass is 238 g/mol. The highest BCUT2D eigenvalue weighted by Gasteiger charge is 2.18. The number of aliphatic hydroxyl groups is 1. The van der Waals surface area contributed by atoms with Crippen molar-refractivity contribution in [2.24, 2.45) is 0 Å². The van der Waals surface area contributed by atoms with Crippen molar-refractivity contribution in [3.8, 4) is 0 Å². The molecule has 0 saturated carbocycles. The van der Waals surface area contributed by atoms with Crippen molar-refractivity contribution in [3.63, 3.8) is 0 Å². The molecule has 1 unspecified atom stereocenters. The Morgan fingerprint density at radius 2 is 2.00 bits per heavy atom. The lowest BCUT2D eigenvalue weighted by Gasteiger charge is -2.18. The number of benzene rings is 1. The van der Waals surface area contributed by atoms with E-state index in [1.807, 2.05) is 24.3 Å². The molecule has 1 rings (SSSR count). The van der Waals surface area contributed by atoms with Crippen molar-refractivity contribution < 1.29 is 5.11 Å². The molecule has 0 aliphatic heterocycles. The van der Waals surface area contributed by atoms with E-state index in [4.69, 9.17) is 0 Å². The van der Waals surface area contributed by atoms with Gasteiger partial charge in [-0.3, -0.25) is 0 Å². The van der Waals surface area contributed by atoms with Crippen molar-refractivity contribution >= 4 is 15.9 Å². The van der Waals surface area contributed by atoms with Crippen LogP contribution in [0.3, 0.4) is 0 Å². The van der Waals surface area contributed by atoms with E-state index in [0.29, 0.717) is 0 Å². The average molecular weight is 239 g/mol. The van der Waals surface area contributed by atoms with Crippen LogP contribution in [0.1, 0.15) is 12.5 Å². The molecule has 0 bridgehead atoms. The molecule has 0 aromatic heterocycles. The summed E-state index contributed by atoms with van der Waals surface area (Å²) in [5.41, 5.74) is 2.43. The van der Waals surface area contributed by atoms with E-state index in [2.05, 4.69) is 28.2 Å². The van der Waals surface area contributed by atoms with Crippen molar-refractivity contribution in [2.45, 2.75) is 12.5 Å². The highest BCUT2D eigenvalue weighted by atomic mass is 79.9. The summed E-state index contributed by atoms with van der Waals surface area (Å²) in [5, 5.41) is 9.90. The first-order valence-corrected chi connectivity index (χ1v) is 4.71. The predicted molar refractivity (Wildman–Crippen MR) is 57.4 cm³/mol. The maximum absolute atomic E-state index is 9.90. The van der Waals surface area contributed by atoms with Gasteiger partial charge in [0.25, 0.3) is 0 Å². The van der Waals surface area contributed by atoms with Crippen LogP contribution >= 0.6 is 15.9 Å². The third-order valence-corrected chi connectivity index (χ3v) is 2.34. The molecule has 68 valence electrons. The van der Waals surface area contributed by atoms with E-state index in [1.165, 1.54) is 6.08 Å². The Kier molecular flexibility index (Phi) is 3.10. The van der Waals surface area contributed by atoms with Crippen LogP contribution < -0.4 is 0 Å². The summed E-state index contributed by atoms with van der Waals surface area (Å²) in [6.45, 7) is 5.14. The summed E-state index contributed by atoms with van der Waals surface area (Å²) >= 11 is 3.33. The molecule has 1 N–H and O–H groups in total. The van der Waals surface area contributed by atoms with Crippen LogP contribution in [-0.4, -0.2) is 5.11 Å². The van der Waals surface area contributed by atoms with Crippen LogP contribution in [0.25, 0.3) is 0 Å². The fourth-order valence-corrected chi connectivity index (χ4v) is 1.33. The molecule has 0 fully saturated rings. The zero-order valence-electron chi connectivity index (χ0n) is 7.42. The summed E-state index contributed by atoms with van der Waals surface area (Å²) in [6, 6.07) is 7.50. The van der Waals surface area contributed by atoms with Gasteiger partial charge in [0.05, 0.1) is 0 Å². The maximum atomic E-state index is 9.90. The summed E-state index contributed by atoms with van der Waals surface area (Å²) in [4.78, 5) is 0. The van der Waals surface area contributed by atoms with Crippen molar-refractivity contribution in [1.82, 2.24) is 0 Å². The van der Waals surface area contributed by atoms with E-state index in [-0.39, 0.29) is 0 Å². The zero-order valence-corrected chi connectivity index (χ0v) is 9.01. The first-order chi connectivity index (χ1) is 6.06. The SMILES string of the molecule is C=C=CC(C)(O)c1ccc(Br)cc1. The van der Waals surface area contributed by atoms with Gasteiger partial charge in [0.2, 0.25) is 0 Å². The maximum Gasteiger partial charge on any atom is 0.112 e. The summed E-state index contributed by atoms with van der Waals surface area (Å²) in [7, 11) is 0. The Morgan fingerprint density at radius 3 is 2.46 bits per heavy atom. The fourth-order valence-electron chi connectivity index (χ4n) is 1.07. The highest BCUT2D eigenvalue weighted by Crippen LogP contribution is 2.23. The molecule has 1 aromatic carbocycles. The van der Waals surface area contributed by atoms with Crippen molar-refractivity contribution in [1.29, 1.82) is 0 Å². The van der Waals surface area contributed by atoms with Crippen LogP contribution in [-0.2, 0) is 5.60 Å². The van der Waals surface area contributed by atoms with E-state index in [0.717, 1.165) is 10.0 Å². The molecule has 0 aliphatic carbocycles. The third-order valence-electron chi connectivity index (χ3n) is 1.81. The van der Waals surface area contributed by atoms with Crippen molar-refractivity contribution in [3.05, 3.63) is 52.7 Å². The molecular weight excluding hydrogens is 228 g/mol. The summed E-state index contributed by atoms with van der Waals surface area (Å²) in [6.07, 6.45) is 1.54. The second-order valence-electron chi connectivity index (χ2n) is 3.00. The zero-order chi connectivity index (χ0) is 9.90. The Labute approximate surface area is 86.5 Å². The van der Waals surface area contributed by atoms with E-state index >= 15 is 0 Å². The molecule has 2 heteroatoms. The van der Waals surface area contributed by atoms with Crippen LogP contribution in [0.2, 0.25) is 0 Å². The lowest BCUT2D eigenvalue weighted by molar-refractivity contribution is 0.111. The molecule has 1 nitrogen and oxygen atoms in total. The van der Waals surface area contributed by atoms with Gasteiger partial charge in [0, 0.05) is 4.47 Å². The molecule has 13 heavy (non-hydrogen) atoms. The Morgan fingerprint density at radius 1 is 1.46 bits per heavy atom. The first kappa shape index (κ1) is 10.3. The molecule has 0 amide bonds. The second kappa shape index (κ2) is 3.93. The number of halogens is 1. The second-order valence-corrected chi connectivity index (χ2v) is 3.92. The summed E-state index contributed by atoms with van der Waals surface area (Å²) < 4.78 is 0.995. The molecular formula is C11H11BrO. The lowest BCUT2D eigenvalue weighted by atomic mass is 9.96. The summed E-state index contributed by atoms with van der Waals surface area (Å²) in [5.74, 6) is 0. The molecule has 1 atom stereocenters. The minimum Gasteiger partial charge on any atom is -0.381 e. The van der Waals surface area contributed by atoms with E-state index in [9.17, 15) is 5.11 Å². The molecule has 1 aromatic rings. The molecule has 0 heterocycles. The van der Waals surface area contributed by atoms with Gasteiger partial charge in [0.15, 0.2) is 0 Å². The quantitative estimate of drug-likeness (QED) is 0.786. The number of hydrogen-bond acceptors (Lipinski definition) is 1. The van der Waals surface area contributed by atoms with Gasteiger partial charge >= 0.3 is 0 Å². The fraction of sp³-hybridized carbons (Fsp3) is 0.182.